The molecule has 4 aliphatic rings. The second-order valence-electron chi connectivity index (χ2n) is 34.8. The number of nitrogens with zero attached hydrogens (tertiary/aromatic N) is 2. The molecule has 18 aromatic rings. The smallest absolute Gasteiger partial charge is 0.0569 e. The molecule has 0 saturated carbocycles. The minimum atomic E-state index is -0.383. The summed E-state index contributed by atoms with van der Waals surface area (Å²) in [5.41, 5.74) is 40.0. The third kappa shape index (κ3) is 10.5. The number of aryl methyl sites for hydroxylation is 1. The molecular formula is C113H86N2. The van der Waals surface area contributed by atoms with Crippen molar-refractivity contribution in [3.8, 4) is 100 Å². The number of hydrogen-bond acceptors (Lipinski definition) is 2. The highest BCUT2D eigenvalue weighted by molar-refractivity contribution is 6.06. The van der Waals surface area contributed by atoms with Crippen molar-refractivity contribution in [3.63, 3.8) is 0 Å². The zero-order valence-corrected chi connectivity index (χ0v) is 66.5. The average molecular weight is 1470 g/mol. The fourth-order valence-corrected chi connectivity index (χ4v) is 20.9. The van der Waals surface area contributed by atoms with E-state index in [0.29, 0.717) is 0 Å². The van der Waals surface area contributed by atoms with Gasteiger partial charge in [0.2, 0.25) is 0 Å². The van der Waals surface area contributed by atoms with E-state index in [1.54, 1.807) is 0 Å². The van der Waals surface area contributed by atoms with Crippen molar-refractivity contribution in [2.45, 2.75) is 84.0 Å². The molecule has 0 aliphatic heterocycles. The third-order valence-electron chi connectivity index (χ3n) is 26.9. The normalized spacial score (nSPS) is 14.4. The van der Waals surface area contributed by atoms with Crippen LogP contribution in [-0.2, 0) is 21.7 Å². The van der Waals surface area contributed by atoms with Gasteiger partial charge in [-0.3, -0.25) is 0 Å². The highest BCUT2D eigenvalue weighted by Crippen LogP contribution is 2.59. The van der Waals surface area contributed by atoms with E-state index in [9.17, 15) is 0 Å². The fraction of sp³-hybridized carbons (Fsp3) is 0.115. The van der Waals surface area contributed by atoms with Crippen LogP contribution in [0, 0.1) is 6.92 Å². The van der Waals surface area contributed by atoms with E-state index in [4.69, 9.17) is 0 Å². The van der Waals surface area contributed by atoms with Crippen LogP contribution < -0.4 is 9.80 Å². The Morgan fingerprint density at radius 2 is 0.522 bits per heavy atom. The molecule has 0 spiro atoms. The van der Waals surface area contributed by atoms with Crippen molar-refractivity contribution in [3.05, 3.63) is 408 Å². The highest BCUT2D eigenvalue weighted by Gasteiger charge is 2.42. The Morgan fingerprint density at radius 3 is 1.04 bits per heavy atom. The van der Waals surface area contributed by atoms with Gasteiger partial charge in [-0.1, -0.05) is 310 Å². The van der Waals surface area contributed by atoms with Crippen molar-refractivity contribution in [1.29, 1.82) is 0 Å². The number of hydrogen-bond donors (Lipinski definition) is 0. The van der Waals surface area contributed by atoms with Crippen LogP contribution in [0.3, 0.4) is 0 Å². The molecule has 115 heavy (non-hydrogen) atoms. The quantitative estimate of drug-likeness (QED) is 0.127. The summed E-state index contributed by atoms with van der Waals surface area (Å²) in [5, 5.41) is 9.75. The molecule has 0 bridgehead atoms. The Kier molecular flexibility index (Phi) is 15.1. The lowest BCUT2D eigenvalue weighted by Gasteiger charge is -2.32. The van der Waals surface area contributed by atoms with Gasteiger partial charge in [0, 0.05) is 55.5 Å². The SMILES string of the molecule is Cc1cc(-c2cccc3ccccc23)cc(-c2ccc3ccccc3c2)c1N(c1ccc2c(c1)C(C)(C)c1ccccc1-2)c1ccc2c(c1)C(C)(C)c1cc(-c3cc(-c4ccc(N(c5ccc6c(c5)C(C)(C)c5ccccc5-6)c5ccc6c(c5)C(C)(C)c5ccccc5-6)c(-c5ccc6ccccc6c5)c4)c4ccccc4c3)ccc1-2. The Balaban J connectivity index is 0.693. The van der Waals surface area contributed by atoms with Gasteiger partial charge in [0.1, 0.15) is 0 Å². The van der Waals surface area contributed by atoms with Gasteiger partial charge in [-0.05, 0) is 292 Å². The maximum atomic E-state index is 2.60. The van der Waals surface area contributed by atoms with Crippen LogP contribution in [0.2, 0.25) is 0 Å². The van der Waals surface area contributed by atoms with E-state index in [2.05, 4.69) is 430 Å². The minimum Gasteiger partial charge on any atom is -0.310 e. The molecule has 548 valence electrons. The van der Waals surface area contributed by atoms with Gasteiger partial charge in [0.25, 0.3) is 0 Å². The zero-order valence-electron chi connectivity index (χ0n) is 66.5. The molecule has 0 radical (unpaired) electrons. The highest BCUT2D eigenvalue weighted by atomic mass is 15.2. The Hall–Kier alpha value is -13.4. The Bertz CT molecular complexity index is 7080. The summed E-state index contributed by atoms with van der Waals surface area (Å²) in [6, 6.07) is 137. The molecule has 0 N–H and O–H groups in total. The zero-order chi connectivity index (χ0) is 77.5. The minimum absolute atomic E-state index is 0.204. The molecule has 0 fully saturated rings. The molecule has 0 atom stereocenters. The summed E-state index contributed by atoms with van der Waals surface area (Å²) in [7, 11) is 0. The molecule has 22 rings (SSSR count). The predicted octanol–water partition coefficient (Wildman–Crippen LogP) is 31.1. The topological polar surface area (TPSA) is 6.48 Å². The first kappa shape index (κ1) is 68.4. The predicted molar refractivity (Wildman–Crippen MR) is 488 cm³/mol. The van der Waals surface area contributed by atoms with E-state index in [-0.39, 0.29) is 21.7 Å². The summed E-state index contributed by atoms with van der Waals surface area (Å²) in [5.74, 6) is 0. The second-order valence-corrected chi connectivity index (χ2v) is 34.8. The first-order valence-corrected chi connectivity index (χ1v) is 40.8. The molecule has 18 aromatic carbocycles. The number of rotatable bonds is 11. The Labute approximate surface area is 674 Å². The molecule has 0 heterocycles. The van der Waals surface area contributed by atoms with Crippen molar-refractivity contribution in [2.24, 2.45) is 0 Å². The van der Waals surface area contributed by atoms with E-state index < -0.39 is 0 Å². The monoisotopic (exact) mass is 1470 g/mol. The lowest BCUT2D eigenvalue weighted by Crippen LogP contribution is -2.19. The Morgan fingerprint density at radius 1 is 0.183 bits per heavy atom. The summed E-state index contributed by atoms with van der Waals surface area (Å²) >= 11 is 0. The van der Waals surface area contributed by atoms with Crippen LogP contribution in [0.15, 0.2) is 358 Å². The van der Waals surface area contributed by atoms with Gasteiger partial charge in [0.15, 0.2) is 0 Å². The van der Waals surface area contributed by atoms with E-state index in [1.165, 1.54) is 177 Å². The first-order chi connectivity index (χ1) is 55.9. The van der Waals surface area contributed by atoms with Crippen molar-refractivity contribution >= 4 is 77.2 Å². The summed E-state index contributed by atoms with van der Waals surface area (Å²) in [4.78, 5) is 5.16. The van der Waals surface area contributed by atoms with Crippen LogP contribution in [0.25, 0.3) is 143 Å². The largest absolute Gasteiger partial charge is 0.310 e. The molecule has 0 amide bonds. The van der Waals surface area contributed by atoms with Crippen LogP contribution in [0.4, 0.5) is 34.1 Å². The van der Waals surface area contributed by atoms with Gasteiger partial charge < -0.3 is 9.80 Å². The van der Waals surface area contributed by atoms with Crippen LogP contribution in [-0.4, -0.2) is 0 Å². The number of benzene rings is 18. The van der Waals surface area contributed by atoms with Crippen LogP contribution >= 0.6 is 0 Å². The average Bonchev–Trinajstić information content (AvgIpc) is 1.59. The number of anilines is 6. The van der Waals surface area contributed by atoms with Gasteiger partial charge >= 0.3 is 0 Å². The molecule has 0 saturated heterocycles. The van der Waals surface area contributed by atoms with Crippen molar-refractivity contribution < 1.29 is 0 Å². The summed E-state index contributed by atoms with van der Waals surface area (Å²) < 4.78 is 0. The lowest BCUT2D eigenvalue weighted by molar-refractivity contribution is 0.659. The fourth-order valence-electron chi connectivity index (χ4n) is 20.9. The van der Waals surface area contributed by atoms with E-state index in [0.717, 1.165) is 50.8 Å². The molecule has 0 unspecified atom stereocenters. The summed E-state index contributed by atoms with van der Waals surface area (Å²) in [6.07, 6.45) is 0. The second kappa shape index (κ2) is 25.3. The first-order valence-electron chi connectivity index (χ1n) is 40.8. The molecule has 0 aromatic heterocycles. The van der Waals surface area contributed by atoms with Crippen molar-refractivity contribution in [1.82, 2.24) is 0 Å². The third-order valence-corrected chi connectivity index (χ3v) is 26.9. The molecule has 2 nitrogen and oxygen atoms in total. The van der Waals surface area contributed by atoms with Crippen LogP contribution in [0.5, 0.6) is 0 Å². The van der Waals surface area contributed by atoms with E-state index >= 15 is 0 Å². The molecule has 2 heteroatoms. The van der Waals surface area contributed by atoms with Gasteiger partial charge in [-0.2, -0.15) is 0 Å². The molecular weight excluding hydrogens is 1390 g/mol. The summed E-state index contributed by atoms with van der Waals surface area (Å²) in [6.45, 7) is 21.6. The van der Waals surface area contributed by atoms with Gasteiger partial charge in [0.05, 0.1) is 11.4 Å². The van der Waals surface area contributed by atoms with E-state index in [1.807, 2.05) is 0 Å². The maximum Gasteiger partial charge on any atom is 0.0569 e. The van der Waals surface area contributed by atoms with Crippen LogP contribution in [0.1, 0.15) is 105 Å². The maximum absolute atomic E-state index is 2.60. The molecule has 4 aliphatic carbocycles. The van der Waals surface area contributed by atoms with Gasteiger partial charge in [-0.15, -0.1) is 0 Å². The van der Waals surface area contributed by atoms with Gasteiger partial charge in [-0.25, -0.2) is 0 Å². The van der Waals surface area contributed by atoms with Crippen molar-refractivity contribution in [2.75, 3.05) is 9.80 Å². The lowest BCUT2D eigenvalue weighted by atomic mass is 9.81. The standard InChI is InChI=1S/C113H86N2/c1-69-57-81(88-37-24-31-72-27-14-16-32-86(72)88)63-99(78-44-42-71-26-11-13-29-74(71)59-78)109(69)115(84-49-54-95-91-36-20-23-40-102(91)112(6,7)106(95)67-84)85-50-55-96-92-51-45-75(64-103(92)113(8,9)107(96)68-85)80-60-76-30-15-17-33-87(76)97(62-80)79-46-56-108(98(61-79)77-43-41-70-25-10-12-28-73(70)58-77)114(82-47-52-93-89-34-18-21-38-100(89)110(2,3)104(93)65-82)83-48-53-94-90-35-19-22-39-101(90)111(4,5)105(94)66-83/h10-68H,1-9H3. The number of fused-ring (bicyclic) bond motifs is 16.